The number of anilines is 8. The monoisotopic (exact) mass is 816 g/mol. The van der Waals surface area contributed by atoms with Crippen LogP contribution in [0.5, 0.6) is 23.0 Å². The first-order valence-corrected chi connectivity index (χ1v) is 20.3. The predicted molar refractivity (Wildman–Crippen MR) is 256 cm³/mol. The number of methoxy groups -OCH3 is 4. The van der Waals surface area contributed by atoms with Crippen LogP contribution in [0.1, 0.15) is 22.3 Å². The van der Waals surface area contributed by atoms with Crippen molar-refractivity contribution in [2.75, 3.05) is 49.7 Å². The normalized spacial score (nSPS) is 10.6. The molecule has 0 bridgehead atoms. The Bertz CT molecular complexity index is 2320. The highest BCUT2D eigenvalue weighted by Gasteiger charge is 2.18. The average Bonchev–Trinajstić information content (AvgIpc) is 3.33. The van der Waals surface area contributed by atoms with Crippen LogP contribution < -0.4 is 40.2 Å². The van der Waals surface area contributed by atoms with Crippen molar-refractivity contribution in [2.45, 2.75) is 0 Å². The molecule has 8 aromatic carbocycles. The lowest BCUT2D eigenvalue weighted by Crippen LogP contribution is -2.00. The van der Waals surface area contributed by atoms with E-state index < -0.39 is 0 Å². The SMILES string of the molecule is COc1ccc(Nc2ccc(C(=C(c3ccc(Nc4ccc(OC)cc4)cc3)c3ccc(Nc4ccc(OC)cc4)cc3)c3ccc(Nc4ccc(OC)cc4)cc3)cc2)cc1. The van der Waals surface area contributed by atoms with Crippen LogP contribution in [0.15, 0.2) is 194 Å². The molecule has 0 unspecified atom stereocenters. The number of ether oxygens (including phenoxy) is 4. The third-order valence-corrected chi connectivity index (χ3v) is 10.5. The van der Waals surface area contributed by atoms with Crippen molar-refractivity contribution in [2.24, 2.45) is 0 Å². The maximum atomic E-state index is 5.37. The smallest absolute Gasteiger partial charge is 0.119 e. The summed E-state index contributed by atoms with van der Waals surface area (Å²) in [7, 11) is 6.69. The van der Waals surface area contributed by atoms with Crippen molar-refractivity contribution in [1.29, 1.82) is 0 Å². The molecule has 0 atom stereocenters. The maximum Gasteiger partial charge on any atom is 0.119 e. The number of hydrogen-bond acceptors (Lipinski definition) is 8. The van der Waals surface area contributed by atoms with Crippen molar-refractivity contribution in [3.05, 3.63) is 216 Å². The molecule has 0 amide bonds. The first-order valence-electron chi connectivity index (χ1n) is 20.3. The quantitative estimate of drug-likeness (QED) is 0.0718. The van der Waals surface area contributed by atoms with Gasteiger partial charge in [0.25, 0.3) is 0 Å². The van der Waals surface area contributed by atoms with Crippen LogP contribution >= 0.6 is 0 Å². The molecule has 0 heterocycles. The number of rotatable bonds is 16. The maximum absolute atomic E-state index is 5.37. The molecule has 8 rings (SSSR count). The van der Waals surface area contributed by atoms with Gasteiger partial charge >= 0.3 is 0 Å². The van der Waals surface area contributed by atoms with Crippen molar-refractivity contribution in [1.82, 2.24) is 0 Å². The van der Waals surface area contributed by atoms with Crippen molar-refractivity contribution in [3.63, 3.8) is 0 Å². The molecule has 0 aliphatic carbocycles. The van der Waals surface area contributed by atoms with E-state index >= 15 is 0 Å². The van der Waals surface area contributed by atoms with E-state index in [1.165, 1.54) is 0 Å². The minimum atomic E-state index is 0.813. The van der Waals surface area contributed by atoms with Crippen molar-refractivity contribution in [3.8, 4) is 23.0 Å². The van der Waals surface area contributed by atoms with Crippen LogP contribution in [0.4, 0.5) is 45.5 Å². The summed E-state index contributed by atoms with van der Waals surface area (Å²) in [6, 6.07) is 66.2. The molecule has 8 aromatic rings. The Morgan fingerprint density at radius 3 is 0.516 bits per heavy atom. The Morgan fingerprint density at radius 2 is 0.371 bits per heavy atom. The van der Waals surface area contributed by atoms with E-state index in [4.69, 9.17) is 18.9 Å². The van der Waals surface area contributed by atoms with Crippen LogP contribution in [-0.4, -0.2) is 28.4 Å². The summed E-state index contributed by atoms with van der Waals surface area (Å²) in [5.74, 6) is 3.25. The lowest BCUT2D eigenvalue weighted by atomic mass is 9.85. The van der Waals surface area contributed by atoms with Gasteiger partial charge in [-0.2, -0.15) is 0 Å². The molecule has 62 heavy (non-hydrogen) atoms. The summed E-state index contributed by atoms with van der Waals surface area (Å²) < 4.78 is 21.5. The molecular formula is C54H48N4O4. The summed E-state index contributed by atoms with van der Waals surface area (Å²) in [5.41, 5.74) is 14.2. The van der Waals surface area contributed by atoms with Gasteiger partial charge in [-0.1, -0.05) is 48.5 Å². The fourth-order valence-corrected chi connectivity index (χ4v) is 7.16. The largest absolute Gasteiger partial charge is 0.497 e. The van der Waals surface area contributed by atoms with Gasteiger partial charge in [-0.15, -0.1) is 0 Å². The van der Waals surface area contributed by atoms with E-state index in [0.29, 0.717) is 0 Å². The summed E-state index contributed by atoms with van der Waals surface area (Å²) in [6.45, 7) is 0. The molecule has 0 saturated carbocycles. The Labute approximate surface area is 363 Å². The highest BCUT2D eigenvalue weighted by atomic mass is 16.5. The van der Waals surface area contributed by atoms with Gasteiger partial charge in [0.05, 0.1) is 28.4 Å². The third kappa shape index (κ3) is 10.0. The highest BCUT2D eigenvalue weighted by Crippen LogP contribution is 2.39. The van der Waals surface area contributed by atoms with Gasteiger partial charge in [0, 0.05) is 45.5 Å². The van der Waals surface area contributed by atoms with E-state index in [9.17, 15) is 0 Å². The number of hydrogen-bond donors (Lipinski definition) is 4. The van der Waals surface area contributed by atoms with E-state index in [0.717, 1.165) is 102 Å². The van der Waals surface area contributed by atoms with Crippen LogP contribution in [0.2, 0.25) is 0 Å². The second-order valence-corrected chi connectivity index (χ2v) is 14.5. The minimum absolute atomic E-state index is 0.813. The summed E-state index contributed by atoms with van der Waals surface area (Å²) >= 11 is 0. The van der Waals surface area contributed by atoms with Crippen LogP contribution in [0.3, 0.4) is 0 Å². The Morgan fingerprint density at radius 1 is 0.226 bits per heavy atom. The molecule has 4 N–H and O–H groups in total. The fraction of sp³-hybridized carbons (Fsp3) is 0.0741. The number of nitrogens with one attached hydrogen (secondary N) is 4. The molecule has 0 radical (unpaired) electrons. The Balaban J connectivity index is 1.21. The van der Waals surface area contributed by atoms with Gasteiger partial charge < -0.3 is 40.2 Å². The van der Waals surface area contributed by atoms with Gasteiger partial charge in [0.2, 0.25) is 0 Å². The zero-order chi connectivity index (χ0) is 42.7. The van der Waals surface area contributed by atoms with Crippen LogP contribution in [0.25, 0.3) is 11.1 Å². The first kappa shape index (κ1) is 40.7. The molecule has 308 valence electrons. The van der Waals surface area contributed by atoms with Crippen molar-refractivity contribution < 1.29 is 18.9 Å². The molecular weight excluding hydrogens is 769 g/mol. The summed E-state index contributed by atoms with van der Waals surface area (Å²) in [5, 5.41) is 14.2. The second-order valence-electron chi connectivity index (χ2n) is 14.5. The third-order valence-electron chi connectivity index (χ3n) is 10.5. The lowest BCUT2D eigenvalue weighted by molar-refractivity contribution is 0.415. The lowest BCUT2D eigenvalue weighted by Gasteiger charge is -2.20. The fourth-order valence-electron chi connectivity index (χ4n) is 7.16. The first-order chi connectivity index (χ1) is 30.5. The molecule has 0 fully saturated rings. The average molecular weight is 817 g/mol. The van der Waals surface area contributed by atoms with Crippen LogP contribution in [-0.2, 0) is 0 Å². The molecule has 8 nitrogen and oxygen atoms in total. The molecule has 0 spiro atoms. The molecule has 0 saturated heterocycles. The van der Waals surface area contributed by atoms with E-state index in [-0.39, 0.29) is 0 Å². The molecule has 0 aromatic heterocycles. The van der Waals surface area contributed by atoms with Gasteiger partial charge in [-0.05, 0) is 179 Å². The predicted octanol–water partition coefficient (Wildman–Crippen LogP) is 13.7. The van der Waals surface area contributed by atoms with Gasteiger partial charge in [-0.25, -0.2) is 0 Å². The topological polar surface area (TPSA) is 85.0 Å². The standard InChI is InChI=1S/C54H48N4O4/c1-59-49-29-21-45(22-30-49)55-41-13-5-37(6-14-41)53(38-7-15-42(16-8-38)56-46-23-31-50(60-2)32-24-46)54(39-9-17-43(18-10-39)57-47-25-33-51(61-3)34-26-47)40-11-19-44(20-12-40)58-48-27-35-52(62-4)36-28-48/h5-36,55-58H,1-4H3. The molecule has 0 aliphatic rings. The van der Waals surface area contributed by atoms with Gasteiger partial charge in [0.1, 0.15) is 23.0 Å². The Kier molecular flexibility index (Phi) is 12.7. The second kappa shape index (κ2) is 19.3. The van der Waals surface area contributed by atoms with Gasteiger partial charge in [0.15, 0.2) is 0 Å². The van der Waals surface area contributed by atoms with E-state index in [1.807, 2.05) is 97.1 Å². The van der Waals surface area contributed by atoms with E-state index in [1.54, 1.807) is 28.4 Å². The minimum Gasteiger partial charge on any atom is -0.497 e. The zero-order valence-electron chi connectivity index (χ0n) is 35.1. The van der Waals surface area contributed by atoms with Crippen LogP contribution in [0, 0.1) is 0 Å². The zero-order valence-corrected chi connectivity index (χ0v) is 35.1. The summed E-state index contributed by atoms with van der Waals surface area (Å²) in [6.07, 6.45) is 0. The van der Waals surface area contributed by atoms with Gasteiger partial charge in [-0.3, -0.25) is 0 Å². The Hall–Kier alpha value is -8.10. The van der Waals surface area contributed by atoms with Crippen molar-refractivity contribution >= 4 is 56.6 Å². The molecule has 8 heteroatoms. The summed E-state index contributed by atoms with van der Waals surface area (Å²) in [4.78, 5) is 0. The highest BCUT2D eigenvalue weighted by molar-refractivity contribution is 6.05. The number of benzene rings is 8. The molecule has 0 aliphatic heterocycles. The van der Waals surface area contributed by atoms with E-state index in [2.05, 4.69) is 118 Å².